The van der Waals surface area contributed by atoms with Gasteiger partial charge in [0.1, 0.15) is 10.7 Å². The van der Waals surface area contributed by atoms with Crippen LogP contribution in [-0.2, 0) is 0 Å². The summed E-state index contributed by atoms with van der Waals surface area (Å²) in [5, 5.41) is 0. The zero-order chi connectivity index (χ0) is 14.7. The van der Waals surface area contributed by atoms with Gasteiger partial charge in [0.15, 0.2) is 0 Å². The molecule has 1 heterocycles. The van der Waals surface area contributed by atoms with Gasteiger partial charge in [-0.25, -0.2) is 4.98 Å². The van der Waals surface area contributed by atoms with Crippen LogP contribution in [-0.4, -0.2) is 24.1 Å². The van der Waals surface area contributed by atoms with Gasteiger partial charge in [-0.05, 0) is 30.7 Å². The molecule has 0 bridgehead atoms. The third-order valence-electron chi connectivity index (χ3n) is 2.92. The number of aromatic nitrogens is 1. The molecule has 0 fully saturated rings. The van der Waals surface area contributed by atoms with Crippen molar-refractivity contribution >= 4 is 22.9 Å². The summed E-state index contributed by atoms with van der Waals surface area (Å²) in [5.74, 6) is 1.14. The van der Waals surface area contributed by atoms with Crippen molar-refractivity contribution in [3.05, 3.63) is 47.7 Å². The summed E-state index contributed by atoms with van der Waals surface area (Å²) in [7, 11) is 3.95. The number of hydrogen-bond donors (Lipinski definition) is 1. The predicted octanol–water partition coefficient (Wildman–Crippen LogP) is 2.88. The van der Waals surface area contributed by atoms with Gasteiger partial charge >= 0.3 is 0 Å². The molecule has 104 valence electrons. The Bertz CT molecular complexity index is 641. The highest BCUT2D eigenvalue weighted by molar-refractivity contribution is 7.80. The summed E-state index contributed by atoms with van der Waals surface area (Å²) >= 11 is 5.07. The molecule has 2 N–H and O–H groups in total. The molecule has 0 aliphatic rings. The van der Waals surface area contributed by atoms with Gasteiger partial charge in [-0.15, -0.1) is 0 Å². The number of pyridine rings is 1. The van der Waals surface area contributed by atoms with Crippen LogP contribution in [0.1, 0.15) is 11.1 Å². The van der Waals surface area contributed by atoms with Crippen LogP contribution in [0.3, 0.4) is 0 Å². The summed E-state index contributed by atoms with van der Waals surface area (Å²) in [4.78, 5) is 6.52. The largest absolute Gasteiger partial charge is 0.438 e. The van der Waals surface area contributed by atoms with Crippen LogP contribution in [0.5, 0.6) is 11.6 Å². The van der Waals surface area contributed by atoms with E-state index in [9.17, 15) is 0 Å². The summed E-state index contributed by atoms with van der Waals surface area (Å²) in [5.41, 5.74) is 8.43. The van der Waals surface area contributed by atoms with E-state index in [1.54, 1.807) is 6.20 Å². The Kier molecular flexibility index (Phi) is 4.20. The number of nitrogens with zero attached hydrogens (tertiary/aromatic N) is 2. The summed E-state index contributed by atoms with van der Waals surface area (Å²) in [6.07, 6.45) is 1.68. The Balaban J connectivity index is 2.38. The molecule has 0 atom stereocenters. The van der Waals surface area contributed by atoms with E-state index >= 15 is 0 Å². The highest BCUT2D eigenvalue weighted by Gasteiger charge is 2.12. The average molecular weight is 287 g/mol. The second-order valence-corrected chi connectivity index (χ2v) is 5.11. The number of aryl methyl sites for hydroxylation is 1. The van der Waals surface area contributed by atoms with E-state index in [0.29, 0.717) is 17.2 Å². The molecule has 4 nitrogen and oxygen atoms in total. The lowest BCUT2D eigenvalue weighted by molar-refractivity contribution is 0.461. The van der Waals surface area contributed by atoms with Gasteiger partial charge in [0.05, 0.1) is 5.56 Å². The van der Waals surface area contributed by atoms with Crippen LogP contribution >= 0.6 is 12.2 Å². The van der Waals surface area contributed by atoms with Gasteiger partial charge in [-0.1, -0.05) is 18.3 Å². The van der Waals surface area contributed by atoms with Crippen LogP contribution < -0.4 is 15.4 Å². The van der Waals surface area contributed by atoms with Gasteiger partial charge in [0.25, 0.3) is 0 Å². The monoisotopic (exact) mass is 287 g/mol. The number of ether oxygens (including phenoxy) is 1. The average Bonchev–Trinajstić information content (AvgIpc) is 2.38. The van der Waals surface area contributed by atoms with Crippen molar-refractivity contribution in [2.24, 2.45) is 5.73 Å². The van der Waals surface area contributed by atoms with Crippen molar-refractivity contribution in [1.82, 2.24) is 4.98 Å². The van der Waals surface area contributed by atoms with Crippen molar-refractivity contribution in [2.75, 3.05) is 19.0 Å². The molecule has 0 aliphatic carbocycles. The molecule has 2 aromatic rings. The second kappa shape index (κ2) is 5.88. The minimum Gasteiger partial charge on any atom is -0.438 e. The van der Waals surface area contributed by atoms with Crippen LogP contribution in [0.15, 0.2) is 36.5 Å². The molecule has 0 spiro atoms. The molecule has 0 unspecified atom stereocenters. The molecular weight excluding hydrogens is 270 g/mol. The molecule has 0 aliphatic heterocycles. The first kappa shape index (κ1) is 14.3. The number of hydrogen-bond acceptors (Lipinski definition) is 4. The number of thiocarbonyl (C=S) groups is 1. The maximum absolute atomic E-state index is 5.84. The molecule has 20 heavy (non-hydrogen) atoms. The molecule has 5 heteroatoms. The highest BCUT2D eigenvalue weighted by atomic mass is 32.1. The number of benzene rings is 1. The van der Waals surface area contributed by atoms with E-state index < -0.39 is 0 Å². The van der Waals surface area contributed by atoms with Gasteiger partial charge in [0.2, 0.25) is 5.88 Å². The minimum atomic E-state index is 0.286. The fourth-order valence-electron chi connectivity index (χ4n) is 1.85. The van der Waals surface area contributed by atoms with Gasteiger partial charge in [-0.2, -0.15) is 0 Å². The summed E-state index contributed by atoms with van der Waals surface area (Å²) in [6, 6.07) is 9.61. The number of anilines is 1. The standard InChI is InChI=1S/C15H17N3OS/c1-10-7-8-17-15(13(10)14(16)20)19-12-6-4-5-11(9-12)18(2)3/h4-9H,1-3H3,(H2,16,20). The van der Waals surface area contributed by atoms with E-state index in [1.807, 2.05) is 56.3 Å². The second-order valence-electron chi connectivity index (χ2n) is 4.67. The lowest BCUT2D eigenvalue weighted by Gasteiger charge is -2.15. The molecular formula is C15H17N3OS. The maximum Gasteiger partial charge on any atom is 0.229 e. The first-order valence-electron chi connectivity index (χ1n) is 6.19. The zero-order valence-corrected chi connectivity index (χ0v) is 12.6. The van der Waals surface area contributed by atoms with Crippen LogP contribution in [0, 0.1) is 6.92 Å². The van der Waals surface area contributed by atoms with Crippen molar-refractivity contribution in [3.8, 4) is 11.6 Å². The molecule has 0 saturated heterocycles. The quantitative estimate of drug-likeness (QED) is 0.876. The summed E-state index contributed by atoms with van der Waals surface area (Å²) < 4.78 is 5.84. The molecule has 0 amide bonds. The molecule has 2 rings (SSSR count). The highest BCUT2D eigenvalue weighted by Crippen LogP contribution is 2.27. The van der Waals surface area contributed by atoms with Crippen molar-refractivity contribution in [1.29, 1.82) is 0 Å². The third kappa shape index (κ3) is 3.05. The third-order valence-corrected chi connectivity index (χ3v) is 3.12. The van der Waals surface area contributed by atoms with Crippen molar-refractivity contribution < 1.29 is 4.74 Å². The van der Waals surface area contributed by atoms with Gasteiger partial charge < -0.3 is 15.4 Å². The van der Waals surface area contributed by atoms with Crippen LogP contribution in [0.2, 0.25) is 0 Å². The normalized spacial score (nSPS) is 10.2. The predicted molar refractivity (Wildman–Crippen MR) is 85.7 cm³/mol. The van der Waals surface area contributed by atoms with Crippen LogP contribution in [0.4, 0.5) is 5.69 Å². The molecule has 0 radical (unpaired) electrons. The smallest absolute Gasteiger partial charge is 0.229 e. The summed E-state index contributed by atoms with van der Waals surface area (Å²) in [6.45, 7) is 1.93. The van der Waals surface area contributed by atoms with E-state index in [2.05, 4.69) is 4.98 Å². The fourth-order valence-corrected chi connectivity index (χ4v) is 2.10. The Labute approximate surface area is 124 Å². The number of rotatable bonds is 4. The lowest BCUT2D eigenvalue weighted by atomic mass is 10.1. The van der Waals surface area contributed by atoms with Crippen LogP contribution in [0.25, 0.3) is 0 Å². The molecule has 1 aromatic heterocycles. The zero-order valence-electron chi connectivity index (χ0n) is 11.8. The van der Waals surface area contributed by atoms with Crippen molar-refractivity contribution in [2.45, 2.75) is 6.92 Å². The Morgan fingerprint density at radius 2 is 2.05 bits per heavy atom. The van der Waals surface area contributed by atoms with E-state index in [4.69, 9.17) is 22.7 Å². The minimum absolute atomic E-state index is 0.286. The van der Waals surface area contributed by atoms with Crippen molar-refractivity contribution in [3.63, 3.8) is 0 Å². The van der Waals surface area contributed by atoms with Gasteiger partial charge in [0, 0.05) is 32.0 Å². The SMILES string of the molecule is Cc1ccnc(Oc2cccc(N(C)C)c2)c1C(N)=S. The van der Waals surface area contributed by atoms with E-state index in [0.717, 1.165) is 11.3 Å². The Morgan fingerprint density at radius 3 is 2.70 bits per heavy atom. The number of nitrogens with two attached hydrogens (primary N) is 1. The van der Waals surface area contributed by atoms with E-state index in [1.165, 1.54) is 0 Å². The van der Waals surface area contributed by atoms with E-state index in [-0.39, 0.29) is 4.99 Å². The maximum atomic E-state index is 5.84. The Morgan fingerprint density at radius 1 is 1.30 bits per heavy atom. The first-order valence-corrected chi connectivity index (χ1v) is 6.60. The topological polar surface area (TPSA) is 51.4 Å². The fraction of sp³-hybridized carbons (Fsp3) is 0.200. The first-order chi connectivity index (χ1) is 9.49. The molecule has 1 aromatic carbocycles. The molecule has 0 saturated carbocycles. The Hall–Kier alpha value is -2.14. The van der Waals surface area contributed by atoms with Gasteiger partial charge in [-0.3, -0.25) is 0 Å². The lowest BCUT2D eigenvalue weighted by Crippen LogP contribution is -2.13.